The largest absolute Gasteiger partial charge is 0.497 e. The van der Waals surface area contributed by atoms with Gasteiger partial charge in [0.05, 0.1) is 20.0 Å². The standard InChI is InChI=1S/C24H26N4O3S/c1-5-12-27(13-6-2)22(29)17-32-24-26-25-23(28(24)19-10-8-7-9-11-19)18-14-20(30-3)16-21(15-18)31-4/h5-11,14-16H,1-2,12-13,17H2,3-4H3. The zero-order valence-electron chi connectivity index (χ0n) is 18.2. The minimum atomic E-state index is -0.0259. The van der Waals surface area contributed by atoms with Crippen LogP contribution in [-0.4, -0.2) is 58.6 Å². The van der Waals surface area contributed by atoms with Gasteiger partial charge in [-0.05, 0) is 24.3 Å². The van der Waals surface area contributed by atoms with Crippen LogP contribution in [-0.2, 0) is 4.79 Å². The van der Waals surface area contributed by atoms with E-state index < -0.39 is 0 Å². The summed E-state index contributed by atoms with van der Waals surface area (Å²) in [6, 6.07) is 15.3. The van der Waals surface area contributed by atoms with Crippen LogP contribution in [0.25, 0.3) is 17.1 Å². The fourth-order valence-electron chi connectivity index (χ4n) is 3.10. The van der Waals surface area contributed by atoms with E-state index in [9.17, 15) is 4.79 Å². The first kappa shape index (κ1) is 23.1. The van der Waals surface area contributed by atoms with Crippen molar-refractivity contribution < 1.29 is 14.3 Å². The van der Waals surface area contributed by atoms with Crippen molar-refractivity contribution in [2.45, 2.75) is 5.16 Å². The number of hydrogen-bond acceptors (Lipinski definition) is 6. The van der Waals surface area contributed by atoms with E-state index in [0.29, 0.717) is 35.6 Å². The molecule has 3 rings (SSSR count). The lowest BCUT2D eigenvalue weighted by Gasteiger charge is -2.19. The van der Waals surface area contributed by atoms with Crippen molar-refractivity contribution in [1.29, 1.82) is 0 Å². The summed E-state index contributed by atoms with van der Waals surface area (Å²) in [4.78, 5) is 14.4. The summed E-state index contributed by atoms with van der Waals surface area (Å²) in [5.41, 5.74) is 1.67. The molecule has 166 valence electrons. The fraction of sp³-hybridized carbons (Fsp3) is 0.208. The maximum Gasteiger partial charge on any atom is 0.233 e. The number of ether oxygens (including phenoxy) is 2. The second kappa shape index (κ2) is 11.2. The molecule has 7 nitrogen and oxygen atoms in total. The summed E-state index contributed by atoms with van der Waals surface area (Å²) in [6.45, 7) is 8.37. The molecule has 0 aliphatic carbocycles. The Hall–Kier alpha value is -3.52. The summed E-state index contributed by atoms with van der Waals surface area (Å²) < 4.78 is 12.8. The number of hydrogen-bond donors (Lipinski definition) is 0. The van der Waals surface area contributed by atoms with Crippen molar-refractivity contribution >= 4 is 17.7 Å². The topological polar surface area (TPSA) is 69.5 Å². The van der Waals surface area contributed by atoms with E-state index in [4.69, 9.17) is 9.47 Å². The first-order valence-corrected chi connectivity index (χ1v) is 11.0. The molecule has 3 aromatic rings. The fourth-order valence-corrected chi connectivity index (χ4v) is 3.96. The van der Waals surface area contributed by atoms with Gasteiger partial charge < -0.3 is 14.4 Å². The lowest BCUT2D eigenvalue weighted by Crippen LogP contribution is -2.32. The molecule has 0 aliphatic rings. The van der Waals surface area contributed by atoms with Gasteiger partial charge >= 0.3 is 0 Å². The average Bonchev–Trinajstić information content (AvgIpc) is 3.26. The molecular weight excluding hydrogens is 424 g/mol. The van der Waals surface area contributed by atoms with Gasteiger partial charge in [0.1, 0.15) is 11.5 Å². The number of carbonyl (C=O) groups excluding carboxylic acids is 1. The monoisotopic (exact) mass is 450 g/mol. The van der Waals surface area contributed by atoms with Crippen LogP contribution in [0.2, 0.25) is 0 Å². The highest BCUT2D eigenvalue weighted by Gasteiger charge is 2.20. The van der Waals surface area contributed by atoms with Crippen molar-refractivity contribution in [2.24, 2.45) is 0 Å². The second-order valence-corrected chi connectivity index (χ2v) is 7.69. The minimum absolute atomic E-state index is 0.0259. The number of amides is 1. The van der Waals surface area contributed by atoms with Crippen molar-refractivity contribution in [2.75, 3.05) is 33.1 Å². The maximum atomic E-state index is 12.7. The smallest absolute Gasteiger partial charge is 0.233 e. The Morgan fingerprint density at radius 2 is 1.66 bits per heavy atom. The molecule has 0 fully saturated rings. The molecule has 2 aromatic carbocycles. The van der Waals surface area contributed by atoms with Gasteiger partial charge in [0.2, 0.25) is 5.91 Å². The highest BCUT2D eigenvalue weighted by Crippen LogP contribution is 2.32. The molecule has 0 saturated carbocycles. The Bertz CT molecular complexity index is 1050. The third kappa shape index (κ3) is 5.39. The lowest BCUT2D eigenvalue weighted by atomic mass is 10.2. The van der Waals surface area contributed by atoms with E-state index in [1.54, 1.807) is 37.3 Å². The van der Waals surface area contributed by atoms with Gasteiger partial charge in [0, 0.05) is 30.4 Å². The third-order valence-corrected chi connectivity index (χ3v) is 5.55. The molecule has 0 aliphatic heterocycles. The first-order chi connectivity index (χ1) is 15.6. The quantitative estimate of drug-likeness (QED) is 0.321. The molecule has 1 amide bonds. The summed E-state index contributed by atoms with van der Waals surface area (Å²) in [6.07, 6.45) is 3.40. The molecule has 0 N–H and O–H groups in total. The summed E-state index contributed by atoms with van der Waals surface area (Å²) in [7, 11) is 3.21. The summed E-state index contributed by atoms with van der Waals surface area (Å²) >= 11 is 1.33. The van der Waals surface area contributed by atoms with Gasteiger partial charge in [-0.3, -0.25) is 9.36 Å². The Labute approximate surface area is 192 Å². The van der Waals surface area contributed by atoms with Gasteiger partial charge in [-0.25, -0.2) is 0 Å². The molecule has 1 heterocycles. The highest BCUT2D eigenvalue weighted by atomic mass is 32.2. The molecule has 32 heavy (non-hydrogen) atoms. The predicted octanol–water partition coefficient (Wildman–Crippen LogP) is 4.24. The average molecular weight is 451 g/mol. The van der Waals surface area contributed by atoms with E-state index in [0.717, 1.165) is 11.3 Å². The third-order valence-electron chi connectivity index (χ3n) is 4.63. The number of benzene rings is 2. The molecule has 0 bridgehead atoms. The summed E-state index contributed by atoms with van der Waals surface area (Å²) in [5, 5.41) is 9.43. The van der Waals surface area contributed by atoms with Crippen molar-refractivity contribution in [1.82, 2.24) is 19.7 Å². The molecule has 1 aromatic heterocycles. The van der Waals surface area contributed by atoms with E-state index in [1.165, 1.54) is 11.8 Å². The molecule has 0 radical (unpaired) electrons. The van der Waals surface area contributed by atoms with Crippen LogP contribution in [0, 0.1) is 0 Å². The van der Waals surface area contributed by atoms with E-state index in [1.807, 2.05) is 47.0 Å². The van der Waals surface area contributed by atoms with Gasteiger partial charge in [0.25, 0.3) is 0 Å². The number of aromatic nitrogens is 3. The van der Waals surface area contributed by atoms with Crippen LogP contribution < -0.4 is 9.47 Å². The van der Waals surface area contributed by atoms with E-state index in [2.05, 4.69) is 23.4 Å². The predicted molar refractivity (Wildman–Crippen MR) is 128 cm³/mol. The van der Waals surface area contributed by atoms with Crippen molar-refractivity contribution in [3.63, 3.8) is 0 Å². The van der Waals surface area contributed by atoms with Crippen LogP contribution in [0.15, 0.2) is 79.0 Å². The number of rotatable bonds is 11. The Balaban J connectivity index is 1.99. The van der Waals surface area contributed by atoms with Crippen LogP contribution in [0.3, 0.4) is 0 Å². The zero-order chi connectivity index (χ0) is 22.9. The van der Waals surface area contributed by atoms with Gasteiger partial charge in [-0.15, -0.1) is 23.4 Å². The normalized spacial score (nSPS) is 10.4. The Kier molecular flexibility index (Phi) is 8.10. The van der Waals surface area contributed by atoms with Crippen LogP contribution in [0.1, 0.15) is 0 Å². The molecule has 8 heteroatoms. The lowest BCUT2D eigenvalue weighted by molar-refractivity contribution is -0.127. The minimum Gasteiger partial charge on any atom is -0.497 e. The maximum absolute atomic E-state index is 12.7. The van der Waals surface area contributed by atoms with Crippen molar-refractivity contribution in [3.05, 3.63) is 73.8 Å². The Morgan fingerprint density at radius 3 is 2.22 bits per heavy atom. The summed E-state index contributed by atoms with van der Waals surface area (Å²) in [5.74, 6) is 2.11. The number of carbonyl (C=O) groups is 1. The van der Waals surface area contributed by atoms with E-state index in [-0.39, 0.29) is 11.7 Å². The zero-order valence-corrected chi connectivity index (χ0v) is 19.0. The van der Waals surface area contributed by atoms with Crippen LogP contribution >= 0.6 is 11.8 Å². The van der Waals surface area contributed by atoms with Gasteiger partial charge in [0.15, 0.2) is 11.0 Å². The number of para-hydroxylation sites is 1. The van der Waals surface area contributed by atoms with Crippen LogP contribution in [0.5, 0.6) is 11.5 Å². The Morgan fingerprint density at radius 1 is 1.03 bits per heavy atom. The first-order valence-electron chi connectivity index (χ1n) is 9.98. The molecule has 0 saturated heterocycles. The molecule has 0 unspecified atom stereocenters. The van der Waals surface area contributed by atoms with Crippen LogP contribution in [0.4, 0.5) is 0 Å². The van der Waals surface area contributed by atoms with Gasteiger partial charge in [-0.2, -0.15) is 0 Å². The number of methoxy groups -OCH3 is 2. The molecule has 0 spiro atoms. The number of thioether (sulfide) groups is 1. The molecular formula is C24H26N4O3S. The second-order valence-electron chi connectivity index (χ2n) is 6.74. The molecule has 0 atom stereocenters. The van der Waals surface area contributed by atoms with Gasteiger partial charge in [-0.1, -0.05) is 42.1 Å². The highest BCUT2D eigenvalue weighted by molar-refractivity contribution is 7.99. The van der Waals surface area contributed by atoms with Crippen molar-refractivity contribution in [3.8, 4) is 28.6 Å². The number of nitrogens with zero attached hydrogens (tertiary/aromatic N) is 4. The SMILES string of the molecule is C=CCN(CC=C)C(=O)CSc1nnc(-c2cc(OC)cc(OC)c2)n1-c1ccccc1. The van der Waals surface area contributed by atoms with E-state index >= 15 is 0 Å².